The highest BCUT2D eigenvalue weighted by atomic mass is 35.5. The molecule has 1 saturated carbocycles. The van der Waals surface area contributed by atoms with Crippen LogP contribution in [-0.4, -0.2) is 25.2 Å². The number of halogens is 2. The Kier molecular flexibility index (Phi) is 5.31. The second kappa shape index (κ2) is 7.00. The van der Waals surface area contributed by atoms with Crippen LogP contribution in [-0.2, 0) is 9.53 Å². The average Bonchev–Trinajstić information content (AvgIpc) is 3.21. The highest BCUT2D eigenvalue weighted by molar-refractivity contribution is 6.42. The zero-order valence-corrected chi connectivity index (χ0v) is 12.8. The molecular weight excluding hydrogens is 315 g/mol. The molecule has 0 spiro atoms. The van der Waals surface area contributed by atoms with E-state index in [0.29, 0.717) is 23.0 Å². The summed E-state index contributed by atoms with van der Waals surface area (Å²) in [6.45, 7) is 0.641. The van der Waals surface area contributed by atoms with Gasteiger partial charge in [-0.25, -0.2) is 4.79 Å². The van der Waals surface area contributed by atoms with Crippen LogP contribution in [0.1, 0.15) is 24.3 Å². The molecule has 2 amide bonds. The quantitative estimate of drug-likeness (QED) is 0.621. The van der Waals surface area contributed by atoms with E-state index < -0.39 is 6.03 Å². The molecule has 0 aromatic heterocycles. The second-order valence-corrected chi connectivity index (χ2v) is 5.69. The van der Waals surface area contributed by atoms with Gasteiger partial charge in [-0.05, 0) is 30.4 Å². The zero-order chi connectivity index (χ0) is 15.4. The maximum Gasteiger partial charge on any atom is 0.312 e. The summed E-state index contributed by atoms with van der Waals surface area (Å²) in [4.78, 5) is 22.3. The van der Waals surface area contributed by atoms with E-state index in [1.165, 1.54) is 0 Å². The summed E-state index contributed by atoms with van der Waals surface area (Å²) >= 11 is 12.1. The maximum atomic E-state index is 11.9. The number of hydrogen-bond donors (Lipinski definition) is 2. The van der Waals surface area contributed by atoms with E-state index in [9.17, 15) is 9.59 Å². The first kappa shape index (κ1) is 15.9. The van der Waals surface area contributed by atoms with Crippen molar-refractivity contribution in [1.29, 1.82) is 0 Å². The molecule has 1 aromatic rings. The van der Waals surface area contributed by atoms with Crippen LogP contribution in [0.4, 0.5) is 4.79 Å². The molecule has 0 heterocycles. The summed E-state index contributed by atoms with van der Waals surface area (Å²) in [6.07, 6.45) is 1.25. The smallest absolute Gasteiger partial charge is 0.312 e. The Labute approximate surface area is 132 Å². The van der Waals surface area contributed by atoms with E-state index >= 15 is 0 Å². The third-order valence-electron chi connectivity index (χ3n) is 3.34. The van der Waals surface area contributed by atoms with E-state index in [0.717, 1.165) is 12.0 Å². The van der Waals surface area contributed by atoms with Crippen LogP contribution in [0, 0.1) is 5.92 Å². The van der Waals surface area contributed by atoms with Crippen molar-refractivity contribution in [2.75, 3.05) is 13.2 Å². The highest BCUT2D eigenvalue weighted by Gasteiger charge is 2.46. The summed E-state index contributed by atoms with van der Waals surface area (Å²) in [6, 6.07) is 4.83. The number of urea groups is 1. The average molecular weight is 331 g/mol. The summed E-state index contributed by atoms with van der Waals surface area (Å²) in [5.74, 6) is -0.326. The SMILES string of the molecule is NC(=O)NCCCOC(=O)C1CC1c1cccc(Cl)c1Cl. The number of carbonyl (C=O) groups excluding carboxylic acids is 2. The highest BCUT2D eigenvalue weighted by Crippen LogP contribution is 2.51. The Balaban J connectivity index is 1.76. The fourth-order valence-electron chi connectivity index (χ4n) is 2.17. The first-order chi connectivity index (χ1) is 10.0. The number of primary amides is 1. The van der Waals surface area contributed by atoms with Gasteiger partial charge in [0.2, 0.25) is 0 Å². The number of amides is 2. The topological polar surface area (TPSA) is 81.4 Å². The Morgan fingerprint density at radius 2 is 2.14 bits per heavy atom. The Morgan fingerprint density at radius 3 is 2.86 bits per heavy atom. The fourth-order valence-corrected chi connectivity index (χ4v) is 2.62. The van der Waals surface area contributed by atoms with E-state index in [-0.39, 0.29) is 24.4 Å². The van der Waals surface area contributed by atoms with Gasteiger partial charge in [-0.3, -0.25) is 4.79 Å². The molecule has 1 fully saturated rings. The van der Waals surface area contributed by atoms with E-state index in [4.69, 9.17) is 33.7 Å². The van der Waals surface area contributed by atoms with Gasteiger partial charge in [0.25, 0.3) is 0 Å². The molecule has 7 heteroatoms. The van der Waals surface area contributed by atoms with Crippen LogP contribution in [0.15, 0.2) is 18.2 Å². The minimum Gasteiger partial charge on any atom is -0.465 e. The van der Waals surface area contributed by atoms with Gasteiger partial charge in [0, 0.05) is 6.54 Å². The van der Waals surface area contributed by atoms with Crippen LogP contribution in [0.3, 0.4) is 0 Å². The standard InChI is InChI=1S/C14H16Cl2N2O3/c15-11-4-1-3-8(12(11)16)9-7-10(9)13(19)21-6-2-5-18-14(17)20/h1,3-4,9-10H,2,5-7H2,(H3,17,18,20). The molecule has 0 aliphatic heterocycles. The number of ether oxygens (including phenoxy) is 1. The van der Waals surface area contributed by atoms with Crippen LogP contribution in [0.2, 0.25) is 10.0 Å². The lowest BCUT2D eigenvalue weighted by atomic mass is 10.1. The third kappa shape index (κ3) is 4.25. The lowest BCUT2D eigenvalue weighted by molar-refractivity contribution is -0.145. The summed E-state index contributed by atoms with van der Waals surface area (Å²) in [5, 5.41) is 3.42. The molecule has 2 unspecified atom stereocenters. The van der Waals surface area contributed by atoms with Crippen molar-refractivity contribution in [1.82, 2.24) is 5.32 Å². The van der Waals surface area contributed by atoms with E-state index in [1.54, 1.807) is 6.07 Å². The Hall–Kier alpha value is -1.46. The summed E-state index contributed by atoms with van der Waals surface area (Å²) < 4.78 is 5.16. The van der Waals surface area contributed by atoms with Gasteiger partial charge < -0.3 is 15.8 Å². The number of rotatable bonds is 6. The summed E-state index contributed by atoms with van der Waals surface area (Å²) in [5.41, 5.74) is 5.81. The molecule has 114 valence electrons. The molecular formula is C14H16Cl2N2O3. The molecule has 0 saturated heterocycles. The van der Waals surface area contributed by atoms with E-state index in [1.807, 2.05) is 12.1 Å². The van der Waals surface area contributed by atoms with Crippen LogP contribution in [0.25, 0.3) is 0 Å². The third-order valence-corrected chi connectivity index (χ3v) is 4.17. The Bertz CT molecular complexity index is 551. The minimum absolute atomic E-state index is 0.0763. The van der Waals surface area contributed by atoms with E-state index in [2.05, 4.69) is 5.32 Å². The van der Waals surface area contributed by atoms with Crippen molar-refractivity contribution in [2.45, 2.75) is 18.8 Å². The first-order valence-corrected chi connectivity index (χ1v) is 7.40. The zero-order valence-electron chi connectivity index (χ0n) is 11.3. The van der Waals surface area contributed by atoms with Crippen molar-refractivity contribution in [3.63, 3.8) is 0 Å². The number of nitrogens with one attached hydrogen (secondary N) is 1. The van der Waals surface area contributed by atoms with Crippen LogP contribution in [0.5, 0.6) is 0 Å². The molecule has 0 bridgehead atoms. The predicted octanol–water partition coefficient (Wildman–Crippen LogP) is 2.70. The van der Waals surface area contributed by atoms with Gasteiger partial charge in [-0.1, -0.05) is 35.3 Å². The largest absolute Gasteiger partial charge is 0.465 e. The molecule has 1 aromatic carbocycles. The number of carbonyl (C=O) groups is 2. The van der Waals surface area contributed by atoms with Crippen molar-refractivity contribution < 1.29 is 14.3 Å². The maximum absolute atomic E-state index is 11.9. The minimum atomic E-state index is -0.584. The molecule has 21 heavy (non-hydrogen) atoms. The van der Waals surface area contributed by atoms with Gasteiger partial charge in [0.1, 0.15) is 0 Å². The molecule has 1 aliphatic carbocycles. The Morgan fingerprint density at radius 1 is 1.38 bits per heavy atom. The van der Waals surface area contributed by atoms with Crippen LogP contribution >= 0.6 is 23.2 Å². The monoisotopic (exact) mass is 330 g/mol. The van der Waals surface area contributed by atoms with Gasteiger partial charge >= 0.3 is 12.0 Å². The lowest BCUT2D eigenvalue weighted by Crippen LogP contribution is -2.30. The summed E-state index contributed by atoms with van der Waals surface area (Å²) in [7, 11) is 0. The molecule has 2 rings (SSSR count). The molecule has 3 N–H and O–H groups in total. The van der Waals surface area contributed by atoms with Crippen molar-refractivity contribution in [2.24, 2.45) is 11.7 Å². The number of benzene rings is 1. The molecule has 2 atom stereocenters. The lowest BCUT2D eigenvalue weighted by Gasteiger charge is -2.06. The number of hydrogen-bond acceptors (Lipinski definition) is 3. The molecule has 0 radical (unpaired) electrons. The normalized spacial score (nSPS) is 19.9. The number of esters is 1. The first-order valence-electron chi connectivity index (χ1n) is 6.64. The van der Waals surface area contributed by atoms with Gasteiger partial charge in [-0.15, -0.1) is 0 Å². The van der Waals surface area contributed by atoms with Gasteiger partial charge in [0.15, 0.2) is 0 Å². The van der Waals surface area contributed by atoms with Gasteiger partial charge in [0.05, 0.1) is 22.6 Å². The fraction of sp³-hybridized carbons (Fsp3) is 0.429. The molecule has 5 nitrogen and oxygen atoms in total. The van der Waals surface area contributed by atoms with Crippen molar-refractivity contribution >= 4 is 35.2 Å². The molecule has 1 aliphatic rings. The van der Waals surface area contributed by atoms with Crippen molar-refractivity contribution in [3.8, 4) is 0 Å². The number of nitrogens with two attached hydrogens (primary N) is 1. The van der Waals surface area contributed by atoms with Crippen molar-refractivity contribution in [3.05, 3.63) is 33.8 Å². The van der Waals surface area contributed by atoms with Gasteiger partial charge in [-0.2, -0.15) is 0 Å². The second-order valence-electron chi connectivity index (χ2n) is 4.90. The predicted molar refractivity (Wildman–Crippen MR) is 80.5 cm³/mol. The van der Waals surface area contributed by atoms with Crippen LogP contribution < -0.4 is 11.1 Å².